The second-order valence-corrected chi connectivity index (χ2v) is 5.64. The van der Waals surface area contributed by atoms with Gasteiger partial charge in [-0.3, -0.25) is 4.79 Å². The SMILES string of the molecule is CCOc1ccc(C=C2SC(=S)NC2=O)c(OCC)c1. The lowest BCUT2D eigenvalue weighted by Crippen LogP contribution is -2.17. The quantitative estimate of drug-likeness (QED) is 0.669. The average molecular weight is 309 g/mol. The zero-order valence-electron chi connectivity index (χ0n) is 11.3. The fraction of sp³-hybridized carbons (Fsp3) is 0.286. The molecule has 1 aliphatic heterocycles. The van der Waals surface area contributed by atoms with Crippen LogP contribution < -0.4 is 14.8 Å². The number of rotatable bonds is 5. The molecule has 1 fully saturated rings. The van der Waals surface area contributed by atoms with Crippen LogP contribution in [0.2, 0.25) is 0 Å². The predicted molar refractivity (Wildman–Crippen MR) is 85.1 cm³/mol. The molecule has 1 aliphatic rings. The van der Waals surface area contributed by atoms with Crippen LogP contribution in [0.3, 0.4) is 0 Å². The highest BCUT2D eigenvalue weighted by Crippen LogP contribution is 2.31. The molecular formula is C14H15NO3S2. The molecule has 4 nitrogen and oxygen atoms in total. The van der Waals surface area contributed by atoms with E-state index in [4.69, 9.17) is 21.7 Å². The van der Waals surface area contributed by atoms with Crippen LogP contribution in [0.15, 0.2) is 23.1 Å². The Morgan fingerprint density at radius 2 is 2.05 bits per heavy atom. The third kappa shape index (κ3) is 3.52. The van der Waals surface area contributed by atoms with Crippen molar-refractivity contribution >= 4 is 40.3 Å². The van der Waals surface area contributed by atoms with Crippen LogP contribution in [0.5, 0.6) is 11.5 Å². The average Bonchev–Trinajstić information content (AvgIpc) is 2.71. The second kappa shape index (κ2) is 6.76. The molecule has 1 aromatic rings. The van der Waals surface area contributed by atoms with Crippen molar-refractivity contribution in [1.29, 1.82) is 0 Å². The van der Waals surface area contributed by atoms with Crippen LogP contribution >= 0.6 is 24.0 Å². The number of nitrogens with one attached hydrogen (secondary N) is 1. The van der Waals surface area contributed by atoms with Gasteiger partial charge in [-0.1, -0.05) is 24.0 Å². The standard InChI is InChI=1S/C14H15NO3S2/c1-3-17-10-6-5-9(11(8-10)18-4-2)7-12-13(16)15-14(19)20-12/h5-8H,3-4H2,1-2H3,(H,15,16,19). The Balaban J connectivity index is 2.33. The van der Waals surface area contributed by atoms with E-state index in [1.54, 1.807) is 6.08 Å². The van der Waals surface area contributed by atoms with E-state index in [0.29, 0.717) is 28.2 Å². The van der Waals surface area contributed by atoms with Crippen molar-refractivity contribution in [2.45, 2.75) is 13.8 Å². The maximum Gasteiger partial charge on any atom is 0.263 e. The van der Waals surface area contributed by atoms with Gasteiger partial charge in [-0.2, -0.15) is 0 Å². The number of hydrogen-bond donors (Lipinski definition) is 1. The van der Waals surface area contributed by atoms with Gasteiger partial charge >= 0.3 is 0 Å². The van der Waals surface area contributed by atoms with Crippen LogP contribution in [0.4, 0.5) is 0 Å². The molecule has 1 aromatic carbocycles. The molecule has 1 amide bonds. The molecule has 0 aliphatic carbocycles. The summed E-state index contributed by atoms with van der Waals surface area (Å²) < 4.78 is 11.5. The molecule has 1 heterocycles. The van der Waals surface area contributed by atoms with Crippen LogP contribution in [-0.2, 0) is 4.79 Å². The minimum Gasteiger partial charge on any atom is -0.494 e. The molecule has 0 spiro atoms. The second-order valence-electron chi connectivity index (χ2n) is 3.92. The number of benzene rings is 1. The predicted octanol–water partition coefficient (Wildman–Crippen LogP) is 2.97. The van der Waals surface area contributed by atoms with Gasteiger partial charge in [0.25, 0.3) is 5.91 Å². The van der Waals surface area contributed by atoms with Gasteiger partial charge in [-0.25, -0.2) is 0 Å². The molecule has 0 atom stereocenters. The molecule has 1 saturated heterocycles. The maximum absolute atomic E-state index is 11.7. The van der Waals surface area contributed by atoms with E-state index in [9.17, 15) is 4.79 Å². The first-order chi connectivity index (χ1) is 9.63. The number of ether oxygens (including phenoxy) is 2. The number of thioether (sulfide) groups is 1. The first kappa shape index (κ1) is 14.9. The van der Waals surface area contributed by atoms with Crippen LogP contribution in [0.25, 0.3) is 6.08 Å². The van der Waals surface area contributed by atoms with Gasteiger partial charge in [0.2, 0.25) is 0 Å². The van der Waals surface area contributed by atoms with E-state index in [2.05, 4.69) is 5.32 Å². The van der Waals surface area contributed by atoms with E-state index >= 15 is 0 Å². The highest BCUT2D eigenvalue weighted by molar-refractivity contribution is 8.26. The third-order valence-electron chi connectivity index (χ3n) is 2.52. The van der Waals surface area contributed by atoms with Gasteiger partial charge in [0.1, 0.15) is 15.8 Å². The normalized spacial score (nSPS) is 16.4. The van der Waals surface area contributed by atoms with Gasteiger partial charge in [0, 0.05) is 11.6 Å². The molecule has 0 radical (unpaired) electrons. The molecule has 0 saturated carbocycles. The first-order valence-corrected chi connectivity index (χ1v) is 7.51. The summed E-state index contributed by atoms with van der Waals surface area (Å²) in [6.45, 7) is 4.98. The molecule has 0 aromatic heterocycles. The molecule has 106 valence electrons. The lowest BCUT2D eigenvalue weighted by molar-refractivity contribution is -0.115. The lowest BCUT2D eigenvalue weighted by Gasteiger charge is -2.10. The van der Waals surface area contributed by atoms with Crippen molar-refractivity contribution in [1.82, 2.24) is 5.32 Å². The molecule has 2 rings (SSSR count). The van der Waals surface area contributed by atoms with E-state index in [1.165, 1.54) is 11.8 Å². The Labute approximate surface area is 127 Å². The Morgan fingerprint density at radius 3 is 2.65 bits per heavy atom. The maximum atomic E-state index is 11.7. The van der Waals surface area contributed by atoms with E-state index < -0.39 is 0 Å². The Hall–Kier alpha value is -1.53. The minimum absolute atomic E-state index is 0.170. The molecule has 20 heavy (non-hydrogen) atoms. The van der Waals surface area contributed by atoms with Crippen molar-refractivity contribution in [3.63, 3.8) is 0 Å². The Kier molecular flexibility index (Phi) is 5.03. The summed E-state index contributed by atoms with van der Waals surface area (Å²) in [5, 5.41) is 2.59. The van der Waals surface area contributed by atoms with Gasteiger partial charge in [0.05, 0.1) is 18.1 Å². The summed E-state index contributed by atoms with van der Waals surface area (Å²) in [5.74, 6) is 1.27. The van der Waals surface area contributed by atoms with E-state index in [0.717, 1.165) is 11.3 Å². The summed E-state index contributed by atoms with van der Waals surface area (Å²) in [6.07, 6.45) is 1.78. The number of amides is 1. The summed E-state index contributed by atoms with van der Waals surface area (Å²) in [5.41, 5.74) is 0.831. The number of carbonyl (C=O) groups excluding carboxylic acids is 1. The lowest BCUT2D eigenvalue weighted by atomic mass is 10.1. The van der Waals surface area contributed by atoms with Crippen LogP contribution in [-0.4, -0.2) is 23.4 Å². The minimum atomic E-state index is -0.170. The number of carbonyl (C=O) groups is 1. The zero-order valence-corrected chi connectivity index (χ0v) is 12.9. The molecule has 0 bridgehead atoms. The van der Waals surface area contributed by atoms with Gasteiger partial charge in [0.15, 0.2) is 0 Å². The monoisotopic (exact) mass is 309 g/mol. The molecule has 0 unspecified atom stereocenters. The van der Waals surface area contributed by atoms with Crippen molar-refractivity contribution in [2.24, 2.45) is 0 Å². The molecule has 1 N–H and O–H groups in total. The summed E-state index contributed by atoms with van der Waals surface area (Å²) >= 11 is 6.22. The van der Waals surface area contributed by atoms with Crippen molar-refractivity contribution in [2.75, 3.05) is 13.2 Å². The van der Waals surface area contributed by atoms with Crippen LogP contribution in [0, 0.1) is 0 Å². The van der Waals surface area contributed by atoms with E-state index in [-0.39, 0.29) is 5.91 Å². The Morgan fingerprint density at radius 1 is 1.30 bits per heavy atom. The number of hydrogen-bond acceptors (Lipinski definition) is 5. The van der Waals surface area contributed by atoms with Gasteiger partial charge in [-0.15, -0.1) is 0 Å². The Bertz CT molecular complexity index is 570. The fourth-order valence-electron chi connectivity index (χ4n) is 1.73. The topological polar surface area (TPSA) is 47.6 Å². The summed E-state index contributed by atoms with van der Waals surface area (Å²) in [4.78, 5) is 12.2. The smallest absolute Gasteiger partial charge is 0.263 e. The highest BCUT2D eigenvalue weighted by atomic mass is 32.2. The van der Waals surface area contributed by atoms with Gasteiger partial charge in [-0.05, 0) is 32.1 Å². The largest absolute Gasteiger partial charge is 0.494 e. The molecule has 6 heteroatoms. The van der Waals surface area contributed by atoms with Crippen LogP contribution in [0.1, 0.15) is 19.4 Å². The molecular weight excluding hydrogens is 294 g/mol. The fourth-order valence-corrected chi connectivity index (χ4v) is 2.77. The highest BCUT2D eigenvalue weighted by Gasteiger charge is 2.22. The van der Waals surface area contributed by atoms with E-state index in [1.807, 2.05) is 32.0 Å². The summed E-state index contributed by atoms with van der Waals surface area (Å²) in [6, 6.07) is 5.56. The zero-order chi connectivity index (χ0) is 14.5. The van der Waals surface area contributed by atoms with Crippen molar-refractivity contribution in [3.8, 4) is 11.5 Å². The first-order valence-electron chi connectivity index (χ1n) is 6.28. The van der Waals surface area contributed by atoms with Crippen molar-refractivity contribution in [3.05, 3.63) is 28.7 Å². The van der Waals surface area contributed by atoms with Crippen molar-refractivity contribution < 1.29 is 14.3 Å². The third-order valence-corrected chi connectivity index (χ3v) is 3.69. The van der Waals surface area contributed by atoms with Gasteiger partial charge < -0.3 is 14.8 Å². The number of thiocarbonyl (C=S) groups is 1. The summed E-state index contributed by atoms with van der Waals surface area (Å²) in [7, 11) is 0.